The molecule has 40 heavy (non-hydrogen) atoms. The molecule has 0 fully saturated rings. The Bertz CT molecular complexity index is 1360. The van der Waals surface area contributed by atoms with Gasteiger partial charge >= 0.3 is 0 Å². The zero-order valence-corrected chi connectivity index (χ0v) is 24.6. The van der Waals surface area contributed by atoms with Crippen molar-refractivity contribution < 1.29 is 19.4 Å². The number of benzene rings is 4. The molecule has 4 heteroatoms. The molecule has 0 aromatic heterocycles. The molecular weight excluding hydrogens is 496 g/mol. The van der Waals surface area contributed by atoms with Crippen LogP contribution in [0.1, 0.15) is 75.0 Å². The molecule has 0 saturated heterocycles. The van der Waals surface area contributed by atoms with Crippen LogP contribution in [0.5, 0.6) is 11.5 Å². The summed E-state index contributed by atoms with van der Waals surface area (Å²) in [6, 6.07) is 28.8. The van der Waals surface area contributed by atoms with Crippen molar-refractivity contribution in [3.05, 3.63) is 129 Å². The first kappa shape index (κ1) is 30.6. The molecule has 210 valence electrons. The molecule has 0 aliphatic rings. The van der Waals surface area contributed by atoms with Gasteiger partial charge in [-0.25, -0.2) is 0 Å². The average molecular weight is 539 g/mol. The van der Waals surface area contributed by atoms with E-state index in [0.717, 1.165) is 58.4 Å². The highest BCUT2D eigenvalue weighted by atomic mass is 16.5. The lowest BCUT2D eigenvalue weighted by atomic mass is 9.89. The number of carbonyl (C=O) groups excluding carboxylic acids is 1. The van der Waals surface area contributed by atoms with Gasteiger partial charge in [-0.05, 0) is 89.6 Å². The van der Waals surface area contributed by atoms with Gasteiger partial charge in [0.05, 0.1) is 20.8 Å². The number of ether oxygens (including phenoxy) is 2. The van der Waals surface area contributed by atoms with E-state index in [0.29, 0.717) is 11.8 Å². The molecule has 0 aliphatic heterocycles. The molecule has 4 aromatic carbocycles. The van der Waals surface area contributed by atoms with Crippen LogP contribution in [0, 0.1) is 13.8 Å². The molecule has 4 aromatic rings. The Kier molecular flexibility index (Phi) is 11.5. The van der Waals surface area contributed by atoms with Gasteiger partial charge < -0.3 is 14.6 Å². The van der Waals surface area contributed by atoms with E-state index in [1.807, 2.05) is 50.2 Å². The van der Waals surface area contributed by atoms with Crippen molar-refractivity contribution in [2.75, 3.05) is 14.2 Å². The van der Waals surface area contributed by atoms with Crippen molar-refractivity contribution in [2.45, 2.75) is 59.0 Å². The quantitative estimate of drug-likeness (QED) is 0.208. The lowest BCUT2D eigenvalue weighted by molar-refractivity contribution is 0.112. The third-order valence-corrected chi connectivity index (χ3v) is 7.39. The molecule has 4 rings (SSSR count). The first-order valence-electron chi connectivity index (χ1n) is 13.8. The maximum atomic E-state index is 11.3. The van der Waals surface area contributed by atoms with Crippen LogP contribution in [0.3, 0.4) is 0 Å². The second-order valence-electron chi connectivity index (χ2n) is 10.4. The molecule has 1 N–H and O–H groups in total. The van der Waals surface area contributed by atoms with Crippen molar-refractivity contribution in [3.8, 4) is 11.5 Å². The Morgan fingerprint density at radius 3 is 1.60 bits per heavy atom. The number of hydrogen-bond acceptors (Lipinski definition) is 4. The molecule has 0 aliphatic carbocycles. The van der Waals surface area contributed by atoms with E-state index in [9.17, 15) is 9.90 Å². The van der Waals surface area contributed by atoms with Crippen LogP contribution in [-0.4, -0.2) is 25.6 Å². The van der Waals surface area contributed by atoms with Crippen molar-refractivity contribution in [2.24, 2.45) is 0 Å². The van der Waals surface area contributed by atoms with Gasteiger partial charge in [0.25, 0.3) is 0 Å². The van der Waals surface area contributed by atoms with Crippen LogP contribution in [0.25, 0.3) is 0 Å². The predicted octanol–water partition coefficient (Wildman–Crippen LogP) is 8.00. The van der Waals surface area contributed by atoms with Gasteiger partial charge in [-0.1, -0.05) is 86.6 Å². The van der Waals surface area contributed by atoms with Gasteiger partial charge in [-0.2, -0.15) is 0 Å². The van der Waals surface area contributed by atoms with Gasteiger partial charge in [0.15, 0.2) is 0 Å². The van der Waals surface area contributed by atoms with Crippen LogP contribution in [0.2, 0.25) is 0 Å². The molecule has 2 atom stereocenters. The Hall–Kier alpha value is -3.89. The standard InChI is InChI=1S/C18H22O2.C18H20O2/c2*1-13(9-15-7-5-4-6-8-15)17-10-14(2)18(20-3)11-16(17)12-19/h4-8,10-11,13,19H,9,12H2,1-3H3;4-8,10-13H,9H2,1-3H3. The second-order valence-corrected chi connectivity index (χ2v) is 10.4. The smallest absolute Gasteiger partial charge is 0.150 e. The van der Waals surface area contributed by atoms with E-state index in [2.05, 4.69) is 62.4 Å². The van der Waals surface area contributed by atoms with Gasteiger partial charge in [0, 0.05) is 5.56 Å². The number of aldehydes is 1. The van der Waals surface area contributed by atoms with Crippen LogP contribution >= 0.6 is 0 Å². The molecule has 0 amide bonds. The average Bonchev–Trinajstić information content (AvgIpc) is 2.98. The van der Waals surface area contributed by atoms with E-state index in [1.165, 1.54) is 16.7 Å². The number of methoxy groups -OCH3 is 2. The molecule has 0 bridgehead atoms. The number of hydrogen-bond donors (Lipinski definition) is 1. The maximum Gasteiger partial charge on any atom is 0.150 e. The fourth-order valence-corrected chi connectivity index (χ4v) is 5.20. The molecule has 0 spiro atoms. The van der Waals surface area contributed by atoms with Gasteiger partial charge in [-0.15, -0.1) is 0 Å². The maximum absolute atomic E-state index is 11.3. The normalized spacial score (nSPS) is 12.1. The largest absolute Gasteiger partial charge is 0.496 e. The van der Waals surface area contributed by atoms with Crippen molar-refractivity contribution in [3.63, 3.8) is 0 Å². The SMILES string of the molecule is COc1cc(C=O)c(C(C)Cc2ccccc2)cc1C.COc1cc(CO)c(C(C)Cc2ccccc2)cc1C. The first-order chi connectivity index (χ1) is 19.3. The monoisotopic (exact) mass is 538 g/mol. The predicted molar refractivity (Wildman–Crippen MR) is 164 cm³/mol. The summed E-state index contributed by atoms with van der Waals surface area (Å²) in [6.45, 7) is 8.45. The zero-order valence-electron chi connectivity index (χ0n) is 24.6. The summed E-state index contributed by atoms with van der Waals surface area (Å²) < 4.78 is 10.6. The van der Waals surface area contributed by atoms with Crippen LogP contribution < -0.4 is 9.47 Å². The molecule has 0 radical (unpaired) electrons. The first-order valence-corrected chi connectivity index (χ1v) is 13.8. The lowest BCUT2D eigenvalue weighted by Crippen LogP contribution is -2.04. The molecule has 2 unspecified atom stereocenters. The summed E-state index contributed by atoms with van der Waals surface area (Å²) in [4.78, 5) is 11.3. The fourth-order valence-electron chi connectivity index (χ4n) is 5.20. The summed E-state index contributed by atoms with van der Waals surface area (Å²) in [5.41, 5.74) is 8.74. The number of aliphatic hydroxyl groups excluding tert-OH is 1. The minimum atomic E-state index is 0.0467. The van der Waals surface area contributed by atoms with Crippen LogP contribution in [-0.2, 0) is 19.4 Å². The Morgan fingerprint density at radius 2 is 1.15 bits per heavy atom. The molecular formula is C36H42O4. The summed E-state index contributed by atoms with van der Waals surface area (Å²) in [7, 11) is 3.29. The van der Waals surface area contributed by atoms with E-state index in [1.54, 1.807) is 14.2 Å². The molecule has 0 heterocycles. The van der Waals surface area contributed by atoms with Crippen LogP contribution in [0.4, 0.5) is 0 Å². The number of carbonyl (C=O) groups is 1. The highest BCUT2D eigenvalue weighted by molar-refractivity contribution is 5.79. The van der Waals surface area contributed by atoms with Crippen molar-refractivity contribution in [1.82, 2.24) is 0 Å². The second kappa shape index (κ2) is 15.0. The van der Waals surface area contributed by atoms with Crippen LogP contribution in [0.15, 0.2) is 84.9 Å². The Balaban J connectivity index is 0.000000220. The summed E-state index contributed by atoms with van der Waals surface area (Å²) in [5, 5.41) is 9.59. The minimum absolute atomic E-state index is 0.0467. The lowest BCUT2D eigenvalue weighted by Gasteiger charge is -2.18. The molecule has 0 saturated carbocycles. The van der Waals surface area contributed by atoms with Gasteiger partial charge in [0.2, 0.25) is 0 Å². The van der Waals surface area contributed by atoms with E-state index < -0.39 is 0 Å². The Morgan fingerprint density at radius 1 is 0.700 bits per heavy atom. The van der Waals surface area contributed by atoms with Gasteiger partial charge in [0.1, 0.15) is 17.8 Å². The minimum Gasteiger partial charge on any atom is -0.496 e. The number of aliphatic hydroxyl groups is 1. The third kappa shape index (κ3) is 8.06. The zero-order chi connectivity index (χ0) is 29.1. The van der Waals surface area contributed by atoms with E-state index in [-0.39, 0.29) is 6.61 Å². The Labute approximate surface area is 239 Å². The summed E-state index contributed by atoms with van der Waals surface area (Å²) >= 11 is 0. The van der Waals surface area contributed by atoms with E-state index >= 15 is 0 Å². The van der Waals surface area contributed by atoms with E-state index in [4.69, 9.17) is 9.47 Å². The highest BCUT2D eigenvalue weighted by Crippen LogP contribution is 2.31. The summed E-state index contributed by atoms with van der Waals surface area (Å²) in [6.07, 6.45) is 2.81. The fraction of sp³-hybridized carbons (Fsp3) is 0.306. The van der Waals surface area contributed by atoms with Gasteiger partial charge in [-0.3, -0.25) is 4.79 Å². The van der Waals surface area contributed by atoms with Crippen molar-refractivity contribution >= 4 is 6.29 Å². The highest BCUT2D eigenvalue weighted by Gasteiger charge is 2.15. The molecule has 4 nitrogen and oxygen atoms in total. The number of rotatable bonds is 10. The topological polar surface area (TPSA) is 55.8 Å². The number of aryl methyl sites for hydroxylation is 2. The third-order valence-electron chi connectivity index (χ3n) is 7.39. The van der Waals surface area contributed by atoms with Crippen molar-refractivity contribution in [1.29, 1.82) is 0 Å². The summed E-state index contributed by atoms with van der Waals surface area (Å²) in [5.74, 6) is 2.26.